The smallest absolute Gasteiger partial charge is 0.107 e. The molecule has 16 heavy (non-hydrogen) atoms. The Morgan fingerprint density at radius 2 is 2.00 bits per heavy atom. The fourth-order valence-corrected chi connectivity index (χ4v) is 1.48. The lowest BCUT2D eigenvalue weighted by molar-refractivity contribution is 0.0721. The van der Waals surface area contributed by atoms with E-state index >= 15 is 0 Å². The molecule has 90 valence electrons. The number of nitrogens with two attached hydrogens (primary N) is 2. The molecule has 0 saturated carbocycles. The van der Waals surface area contributed by atoms with Crippen LogP contribution in [0.2, 0.25) is 0 Å². The minimum absolute atomic E-state index is 0.440. The number of hydrogen-bond acceptors (Lipinski definition) is 5. The molecule has 1 aromatic rings. The first kappa shape index (κ1) is 12.9. The Morgan fingerprint density at radius 1 is 1.38 bits per heavy atom. The fraction of sp³-hybridized carbons (Fsp3) is 0.400. The number of anilines is 1. The van der Waals surface area contributed by atoms with Crippen molar-refractivity contribution in [1.82, 2.24) is 5.53 Å². The van der Waals surface area contributed by atoms with E-state index < -0.39 is 18.8 Å². The highest BCUT2D eigenvalue weighted by Crippen LogP contribution is 2.21. The Labute approximate surface area is 93.9 Å². The van der Waals surface area contributed by atoms with E-state index in [1.54, 1.807) is 12.1 Å². The van der Waals surface area contributed by atoms with E-state index in [1.165, 1.54) is 7.11 Å². The molecule has 0 heterocycles. The van der Waals surface area contributed by atoms with Gasteiger partial charge in [0.2, 0.25) is 0 Å². The molecule has 6 heteroatoms. The number of hydrogen-bond donors (Lipinski definition) is 4. The molecule has 0 fully saturated rings. The third-order valence-corrected chi connectivity index (χ3v) is 2.28. The summed E-state index contributed by atoms with van der Waals surface area (Å²) in [5, 5.41) is 0. The zero-order valence-corrected chi connectivity index (χ0v) is 9.11. The van der Waals surface area contributed by atoms with Crippen molar-refractivity contribution in [2.24, 2.45) is 11.6 Å². The first-order valence-corrected chi connectivity index (χ1v) is 4.88. The standard InChI is InChI=1S/C10H17FN4O/c1-16-10(9(12)6-11)7-2-4-8(5-3-7)14-15-13/h2-5,9-10,14-15H,6,12-13H2,1H3. The lowest BCUT2D eigenvalue weighted by Gasteiger charge is -2.20. The van der Waals surface area contributed by atoms with Gasteiger partial charge in [-0.2, -0.15) is 5.53 Å². The summed E-state index contributed by atoms with van der Waals surface area (Å²) in [5.41, 5.74) is 12.3. The van der Waals surface area contributed by atoms with E-state index in [0.29, 0.717) is 0 Å². The van der Waals surface area contributed by atoms with E-state index in [-0.39, 0.29) is 0 Å². The molecule has 2 unspecified atom stereocenters. The molecule has 2 atom stereocenters. The van der Waals surface area contributed by atoms with Crippen LogP contribution >= 0.6 is 0 Å². The van der Waals surface area contributed by atoms with Crippen molar-refractivity contribution in [2.75, 3.05) is 19.2 Å². The Bertz CT molecular complexity index is 306. The summed E-state index contributed by atoms with van der Waals surface area (Å²) in [7, 11) is 1.51. The molecule has 0 saturated heterocycles. The maximum atomic E-state index is 12.5. The Kier molecular flexibility index (Phi) is 5.13. The van der Waals surface area contributed by atoms with Gasteiger partial charge in [0.05, 0.1) is 17.8 Å². The fourth-order valence-electron chi connectivity index (χ4n) is 1.48. The van der Waals surface area contributed by atoms with Crippen LogP contribution in [0.25, 0.3) is 0 Å². The van der Waals surface area contributed by atoms with E-state index in [2.05, 4.69) is 11.0 Å². The molecule has 0 aromatic heterocycles. The number of halogens is 1. The van der Waals surface area contributed by atoms with Gasteiger partial charge in [0, 0.05) is 7.11 Å². The highest BCUT2D eigenvalue weighted by atomic mass is 19.1. The molecule has 0 aliphatic rings. The molecule has 0 bridgehead atoms. The van der Waals surface area contributed by atoms with E-state index in [0.717, 1.165) is 11.3 Å². The van der Waals surface area contributed by atoms with Crippen LogP contribution in [0, 0.1) is 0 Å². The first-order chi connectivity index (χ1) is 7.72. The largest absolute Gasteiger partial charge is 0.375 e. The lowest BCUT2D eigenvalue weighted by Crippen LogP contribution is -2.31. The zero-order valence-electron chi connectivity index (χ0n) is 9.11. The van der Waals surface area contributed by atoms with Gasteiger partial charge >= 0.3 is 0 Å². The minimum Gasteiger partial charge on any atom is -0.375 e. The number of alkyl halides is 1. The van der Waals surface area contributed by atoms with Gasteiger partial charge < -0.3 is 15.9 Å². The van der Waals surface area contributed by atoms with Crippen LogP contribution in [-0.2, 0) is 4.74 Å². The molecule has 1 aromatic carbocycles. The van der Waals surface area contributed by atoms with E-state index in [1.807, 2.05) is 12.1 Å². The number of rotatable bonds is 6. The molecule has 0 radical (unpaired) electrons. The van der Waals surface area contributed by atoms with Crippen LogP contribution in [0.15, 0.2) is 24.3 Å². The van der Waals surface area contributed by atoms with Crippen molar-refractivity contribution in [1.29, 1.82) is 0 Å². The summed E-state index contributed by atoms with van der Waals surface area (Å²) in [6.07, 6.45) is -0.440. The lowest BCUT2D eigenvalue weighted by atomic mass is 10.0. The van der Waals surface area contributed by atoms with Crippen molar-refractivity contribution >= 4 is 5.69 Å². The molecule has 0 amide bonds. The van der Waals surface area contributed by atoms with Gasteiger partial charge in [-0.25, -0.2) is 4.39 Å². The molecular weight excluding hydrogens is 211 g/mol. The van der Waals surface area contributed by atoms with Crippen LogP contribution in [-0.4, -0.2) is 19.8 Å². The van der Waals surface area contributed by atoms with Gasteiger partial charge in [-0.3, -0.25) is 5.84 Å². The van der Waals surface area contributed by atoms with Crippen molar-refractivity contribution < 1.29 is 9.13 Å². The summed E-state index contributed by atoms with van der Waals surface area (Å²) in [5.74, 6) is 5.10. The second-order valence-corrected chi connectivity index (χ2v) is 3.37. The number of benzene rings is 1. The highest BCUT2D eigenvalue weighted by Gasteiger charge is 2.18. The summed E-state index contributed by atoms with van der Waals surface area (Å²) in [6, 6.07) is 6.56. The van der Waals surface area contributed by atoms with Gasteiger partial charge in [0.25, 0.3) is 0 Å². The number of ether oxygens (including phenoxy) is 1. The number of hydrazine groups is 2. The molecule has 6 N–H and O–H groups in total. The van der Waals surface area contributed by atoms with Crippen molar-refractivity contribution in [2.45, 2.75) is 12.1 Å². The second kappa shape index (κ2) is 6.39. The van der Waals surface area contributed by atoms with E-state index in [4.69, 9.17) is 16.3 Å². The molecule has 0 aliphatic carbocycles. The van der Waals surface area contributed by atoms with Crippen LogP contribution in [0.4, 0.5) is 10.1 Å². The quantitative estimate of drug-likeness (QED) is 0.420. The highest BCUT2D eigenvalue weighted by molar-refractivity contribution is 5.44. The summed E-state index contributed by atoms with van der Waals surface area (Å²) >= 11 is 0. The van der Waals surface area contributed by atoms with Crippen molar-refractivity contribution in [3.8, 4) is 0 Å². The second-order valence-electron chi connectivity index (χ2n) is 3.37. The van der Waals surface area contributed by atoms with Crippen molar-refractivity contribution in [3.63, 3.8) is 0 Å². The van der Waals surface area contributed by atoms with Gasteiger partial charge in [0.1, 0.15) is 6.67 Å². The topological polar surface area (TPSA) is 85.3 Å². The third-order valence-electron chi connectivity index (χ3n) is 2.28. The molecule has 1 rings (SSSR count). The Hall–Kier alpha value is -1.21. The molecule has 0 spiro atoms. The first-order valence-electron chi connectivity index (χ1n) is 4.88. The van der Waals surface area contributed by atoms with Gasteiger partial charge in [-0.15, -0.1) is 0 Å². The summed E-state index contributed by atoms with van der Waals surface area (Å²) in [6.45, 7) is -0.622. The van der Waals surface area contributed by atoms with Crippen LogP contribution in [0.5, 0.6) is 0 Å². The van der Waals surface area contributed by atoms with Gasteiger partial charge in [-0.05, 0) is 17.7 Å². The SMILES string of the molecule is COC(c1ccc(NNN)cc1)C(N)CF. The zero-order chi connectivity index (χ0) is 12.0. The number of methoxy groups -OCH3 is 1. The van der Waals surface area contributed by atoms with Crippen LogP contribution < -0.4 is 22.5 Å². The minimum atomic E-state index is -0.656. The van der Waals surface area contributed by atoms with Gasteiger partial charge in [0.15, 0.2) is 0 Å². The van der Waals surface area contributed by atoms with Crippen LogP contribution in [0.3, 0.4) is 0 Å². The maximum Gasteiger partial charge on any atom is 0.107 e. The van der Waals surface area contributed by atoms with Crippen molar-refractivity contribution in [3.05, 3.63) is 29.8 Å². The summed E-state index contributed by atoms with van der Waals surface area (Å²) < 4.78 is 17.6. The summed E-state index contributed by atoms with van der Waals surface area (Å²) in [4.78, 5) is 0. The van der Waals surface area contributed by atoms with Crippen LogP contribution in [0.1, 0.15) is 11.7 Å². The predicted octanol–water partition coefficient (Wildman–Crippen LogP) is 0.461. The predicted molar refractivity (Wildman–Crippen MR) is 61.1 cm³/mol. The third kappa shape index (κ3) is 3.14. The Balaban J connectivity index is 2.78. The molecule has 0 aliphatic heterocycles. The average molecular weight is 228 g/mol. The Morgan fingerprint density at radius 3 is 2.44 bits per heavy atom. The maximum absolute atomic E-state index is 12.5. The average Bonchev–Trinajstić information content (AvgIpc) is 2.32. The molecular formula is C10H17FN4O. The molecule has 5 nitrogen and oxygen atoms in total. The van der Waals surface area contributed by atoms with Gasteiger partial charge in [-0.1, -0.05) is 12.1 Å². The number of nitrogens with one attached hydrogen (secondary N) is 2. The van der Waals surface area contributed by atoms with E-state index in [9.17, 15) is 4.39 Å². The normalized spacial score (nSPS) is 14.5. The monoisotopic (exact) mass is 228 g/mol.